The normalized spacial score (nSPS) is 17.2. The van der Waals surface area contributed by atoms with Crippen molar-refractivity contribution in [3.8, 4) is 0 Å². The molecule has 1 aromatic heterocycles. The number of nitrogens with one attached hydrogen (secondary N) is 1. The first-order chi connectivity index (χ1) is 5.36. The van der Waals surface area contributed by atoms with Crippen molar-refractivity contribution < 1.29 is 4.42 Å². The van der Waals surface area contributed by atoms with Crippen LogP contribution in [0.1, 0.15) is 18.4 Å². The molecule has 3 heteroatoms. The van der Waals surface area contributed by atoms with Crippen molar-refractivity contribution in [1.82, 2.24) is 5.32 Å². The summed E-state index contributed by atoms with van der Waals surface area (Å²) < 4.78 is 5.95. The number of furan rings is 1. The summed E-state index contributed by atoms with van der Waals surface area (Å²) in [6.45, 7) is 0.918. The van der Waals surface area contributed by atoms with Gasteiger partial charge in [-0.15, -0.1) is 0 Å². The molecule has 1 aliphatic carbocycles. The molecular formula is C8H10BrNO. The second-order valence-corrected chi connectivity index (χ2v) is 3.59. The maximum Gasteiger partial charge on any atom is 0.173 e. The first-order valence-electron chi connectivity index (χ1n) is 3.81. The SMILES string of the molecule is Brc1occc1CNC1CC1. The number of halogens is 1. The molecule has 0 bridgehead atoms. The van der Waals surface area contributed by atoms with E-state index in [1.807, 2.05) is 6.07 Å². The van der Waals surface area contributed by atoms with Gasteiger partial charge >= 0.3 is 0 Å². The lowest BCUT2D eigenvalue weighted by atomic mass is 10.3. The fraction of sp³-hybridized carbons (Fsp3) is 0.500. The molecule has 2 rings (SSSR count). The Morgan fingerprint density at radius 3 is 3.00 bits per heavy atom. The maximum absolute atomic E-state index is 5.09. The van der Waals surface area contributed by atoms with Crippen LogP contribution in [-0.4, -0.2) is 6.04 Å². The molecule has 1 fully saturated rings. The Morgan fingerprint density at radius 2 is 2.45 bits per heavy atom. The van der Waals surface area contributed by atoms with Crippen molar-refractivity contribution in [2.24, 2.45) is 0 Å². The molecule has 11 heavy (non-hydrogen) atoms. The fourth-order valence-electron chi connectivity index (χ4n) is 0.987. The summed E-state index contributed by atoms with van der Waals surface area (Å²) in [6, 6.07) is 2.75. The van der Waals surface area contributed by atoms with Gasteiger partial charge in [0.2, 0.25) is 0 Å². The third kappa shape index (κ3) is 1.84. The van der Waals surface area contributed by atoms with Crippen LogP contribution in [0.25, 0.3) is 0 Å². The van der Waals surface area contributed by atoms with E-state index in [0.29, 0.717) is 0 Å². The Morgan fingerprint density at radius 1 is 1.64 bits per heavy atom. The van der Waals surface area contributed by atoms with E-state index < -0.39 is 0 Å². The molecule has 60 valence electrons. The predicted octanol–water partition coefficient (Wildman–Crippen LogP) is 2.29. The van der Waals surface area contributed by atoms with Crippen molar-refractivity contribution in [2.45, 2.75) is 25.4 Å². The highest BCUT2D eigenvalue weighted by Gasteiger charge is 2.20. The van der Waals surface area contributed by atoms with E-state index in [0.717, 1.165) is 17.3 Å². The minimum Gasteiger partial charge on any atom is -0.457 e. The van der Waals surface area contributed by atoms with Crippen LogP contribution in [0.15, 0.2) is 21.4 Å². The van der Waals surface area contributed by atoms with Crippen LogP contribution < -0.4 is 5.32 Å². The van der Waals surface area contributed by atoms with Crippen LogP contribution in [0.3, 0.4) is 0 Å². The first kappa shape index (κ1) is 7.37. The molecule has 0 amide bonds. The van der Waals surface area contributed by atoms with E-state index in [4.69, 9.17) is 4.42 Å². The zero-order chi connectivity index (χ0) is 7.68. The third-order valence-electron chi connectivity index (χ3n) is 1.85. The van der Waals surface area contributed by atoms with Gasteiger partial charge < -0.3 is 9.73 Å². The highest BCUT2D eigenvalue weighted by atomic mass is 79.9. The molecule has 0 spiro atoms. The summed E-state index contributed by atoms with van der Waals surface area (Å²) >= 11 is 3.33. The van der Waals surface area contributed by atoms with Crippen LogP contribution in [0.5, 0.6) is 0 Å². The highest BCUT2D eigenvalue weighted by molar-refractivity contribution is 9.10. The Balaban J connectivity index is 1.89. The van der Waals surface area contributed by atoms with Crippen LogP contribution in [0, 0.1) is 0 Å². The van der Waals surface area contributed by atoms with E-state index >= 15 is 0 Å². The van der Waals surface area contributed by atoms with Crippen molar-refractivity contribution in [3.63, 3.8) is 0 Å². The lowest BCUT2D eigenvalue weighted by molar-refractivity contribution is 0.533. The largest absolute Gasteiger partial charge is 0.457 e. The van der Waals surface area contributed by atoms with Crippen molar-refractivity contribution >= 4 is 15.9 Å². The van der Waals surface area contributed by atoms with Crippen LogP contribution in [0.2, 0.25) is 0 Å². The van der Waals surface area contributed by atoms with Gasteiger partial charge in [-0.3, -0.25) is 0 Å². The molecule has 1 saturated carbocycles. The number of hydrogen-bond acceptors (Lipinski definition) is 2. The van der Waals surface area contributed by atoms with Gasteiger partial charge in [-0.05, 0) is 34.8 Å². The van der Waals surface area contributed by atoms with E-state index in [1.54, 1.807) is 6.26 Å². The van der Waals surface area contributed by atoms with Gasteiger partial charge in [0.25, 0.3) is 0 Å². The van der Waals surface area contributed by atoms with Crippen molar-refractivity contribution in [3.05, 3.63) is 22.6 Å². The van der Waals surface area contributed by atoms with E-state index in [-0.39, 0.29) is 0 Å². The molecular weight excluding hydrogens is 206 g/mol. The molecule has 1 heterocycles. The standard InChI is InChI=1S/C8H10BrNO/c9-8-6(3-4-11-8)5-10-7-1-2-7/h3-4,7,10H,1-2,5H2. The molecule has 0 radical (unpaired) electrons. The summed E-state index contributed by atoms with van der Waals surface area (Å²) in [6.07, 6.45) is 4.36. The van der Waals surface area contributed by atoms with E-state index in [2.05, 4.69) is 21.2 Å². The first-order valence-corrected chi connectivity index (χ1v) is 4.61. The molecule has 1 aliphatic rings. The summed E-state index contributed by atoms with van der Waals surface area (Å²) in [5.41, 5.74) is 1.21. The second-order valence-electron chi connectivity index (χ2n) is 2.87. The monoisotopic (exact) mass is 215 g/mol. The maximum atomic E-state index is 5.09. The minimum atomic E-state index is 0.761. The Hall–Kier alpha value is -0.280. The van der Waals surface area contributed by atoms with Crippen LogP contribution in [0.4, 0.5) is 0 Å². The summed E-state index contributed by atoms with van der Waals surface area (Å²) in [7, 11) is 0. The van der Waals surface area contributed by atoms with Gasteiger partial charge in [0, 0.05) is 18.2 Å². The van der Waals surface area contributed by atoms with E-state index in [1.165, 1.54) is 18.4 Å². The van der Waals surface area contributed by atoms with Gasteiger partial charge in [-0.2, -0.15) is 0 Å². The van der Waals surface area contributed by atoms with Gasteiger partial charge in [-0.25, -0.2) is 0 Å². The topological polar surface area (TPSA) is 25.2 Å². The minimum absolute atomic E-state index is 0.761. The van der Waals surface area contributed by atoms with Crippen molar-refractivity contribution in [1.29, 1.82) is 0 Å². The Bertz CT molecular complexity index is 242. The Labute approximate surface area is 74.1 Å². The lowest BCUT2D eigenvalue weighted by Crippen LogP contribution is -2.14. The quantitative estimate of drug-likeness (QED) is 0.838. The fourth-order valence-corrected chi connectivity index (χ4v) is 1.37. The Kier molecular flexibility index (Phi) is 2.00. The summed E-state index contributed by atoms with van der Waals surface area (Å²) in [5.74, 6) is 0. The molecule has 2 nitrogen and oxygen atoms in total. The molecule has 0 aromatic carbocycles. The molecule has 0 atom stereocenters. The lowest BCUT2D eigenvalue weighted by Gasteiger charge is -1.98. The van der Waals surface area contributed by atoms with Crippen LogP contribution >= 0.6 is 15.9 Å². The predicted molar refractivity (Wildman–Crippen MR) is 46.3 cm³/mol. The average molecular weight is 216 g/mol. The molecule has 0 saturated heterocycles. The average Bonchev–Trinajstić information content (AvgIpc) is 2.73. The van der Waals surface area contributed by atoms with Gasteiger partial charge in [-0.1, -0.05) is 0 Å². The van der Waals surface area contributed by atoms with E-state index in [9.17, 15) is 0 Å². The molecule has 0 aliphatic heterocycles. The zero-order valence-electron chi connectivity index (χ0n) is 6.14. The van der Waals surface area contributed by atoms with Gasteiger partial charge in [0.15, 0.2) is 4.67 Å². The summed E-state index contributed by atoms with van der Waals surface area (Å²) in [4.78, 5) is 0. The zero-order valence-corrected chi connectivity index (χ0v) is 7.73. The highest BCUT2D eigenvalue weighted by Crippen LogP contribution is 2.22. The molecule has 0 unspecified atom stereocenters. The molecule has 1 aromatic rings. The van der Waals surface area contributed by atoms with Gasteiger partial charge in [0.1, 0.15) is 0 Å². The summed E-state index contributed by atoms with van der Waals surface area (Å²) in [5, 5.41) is 3.41. The van der Waals surface area contributed by atoms with Crippen molar-refractivity contribution in [2.75, 3.05) is 0 Å². The third-order valence-corrected chi connectivity index (χ3v) is 2.55. The van der Waals surface area contributed by atoms with Gasteiger partial charge in [0.05, 0.1) is 6.26 Å². The number of rotatable bonds is 3. The van der Waals surface area contributed by atoms with Crippen LogP contribution in [-0.2, 0) is 6.54 Å². The smallest absolute Gasteiger partial charge is 0.173 e. The molecule has 1 N–H and O–H groups in total. The number of hydrogen-bond donors (Lipinski definition) is 1. The second kappa shape index (κ2) is 2.99.